The third-order valence-electron chi connectivity index (χ3n) is 2.51. The van der Waals surface area contributed by atoms with Gasteiger partial charge in [-0.1, -0.05) is 0 Å². The summed E-state index contributed by atoms with van der Waals surface area (Å²) in [5, 5.41) is 7.12. The molecular weight excluding hydrogens is 276 g/mol. The molecule has 3 N–H and O–H groups in total. The first-order chi connectivity index (χ1) is 8.61. The number of nitrogen functional groups attached to an aromatic ring is 1. The Kier molecular flexibility index (Phi) is 4.46. The van der Waals surface area contributed by atoms with Crippen molar-refractivity contribution in [2.24, 2.45) is 5.73 Å². The molecule has 0 bridgehead atoms. The minimum absolute atomic E-state index is 0.0356. The molecule has 1 rings (SSSR count). The first-order valence-corrected chi connectivity index (χ1v) is 7.40. The van der Waals surface area contributed by atoms with Crippen LogP contribution in [0.1, 0.15) is 5.56 Å². The van der Waals surface area contributed by atoms with E-state index in [0.717, 1.165) is 18.4 Å². The average Bonchev–Trinajstić information content (AvgIpc) is 2.24. The zero-order chi connectivity index (χ0) is 14.8. The highest BCUT2D eigenvalue weighted by molar-refractivity contribution is 7.90. The summed E-state index contributed by atoms with van der Waals surface area (Å²) in [5.41, 5.74) is 4.75. The molecule has 106 valence electrons. The Morgan fingerprint density at radius 1 is 1.37 bits per heavy atom. The number of hydrogen-bond acceptors (Lipinski definition) is 4. The highest BCUT2D eigenvalue weighted by atomic mass is 32.2. The maximum atomic E-state index is 13.8. The van der Waals surface area contributed by atoms with Crippen LogP contribution in [0.5, 0.6) is 0 Å². The highest BCUT2D eigenvalue weighted by Gasteiger charge is 2.17. The van der Waals surface area contributed by atoms with Crippen LogP contribution >= 0.6 is 0 Å². The third-order valence-corrected chi connectivity index (χ3v) is 3.43. The van der Waals surface area contributed by atoms with Crippen LogP contribution < -0.4 is 10.6 Å². The topological polar surface area (TPSA) is 87.2 Å². The zero-order valence-corrected chi connectivity index (χ0v) is 11.4. The van der Waals surface area contributed by atoms with Gasteiger partial charge in [0.25, 0.3) is 0 Å². The minimum Gasteiger partial charge on any atom is -0.384 e. The van der Waals surface area contributed by atoms with Gasteiger partial charge in [-0.05, 0) is 12.1 Å². The predicted octanol–water partition coefficient (Wildman–Crippen LogP) is 0.730. The van der Waals surface area contributed by atoms with E-state index < -0.39 is 27.3 Å². The van der Waals surface area contributed by atoms with E-state index in [9.17, 15) is 17.2 Å². The Morgan fingerprint density at radius 3 is 2.21 bits per heavy atom. The van der Waals surface area contributed by atoms with Crippen molar-refractivity contribution in [2.45, 2.75) is 0 Å². The third kappa shape index (κ3) is 4.16. The van der Waals surface area contributed by atoms with Crippen LogP contribution in [0.2, 0.25) is 0 Å². The van der Waals surface area contributed by atoms with Crippen molar-refractivity contribution < 1.29 is 17.2 Å². The molecule has 0 atom stereocenters. The highest BCUT2D eigenvalue weighted by Crippen LogP contribution is 2.23. The van der Waals surface area contributed by atoms with Crippen LogP contribution in [0, 0.1) is 17.0 Å². The monoisotopic (exact) mass is 291 g/mol. The van der Waals surface area contributed by atoms with Crippen molar-refractivity contribution in [3.05, 3.63) is 29.3 Å². The van der Waals surface area contributed by atoms with E-state index in [1.54, 1.807) is 0 Å². The van der Waals surface area contributed by atoms with E-state index >= 15 is 0 Å². The number of nitrogens with two attached hydrogens (primary N) is 1. The van der Waals surface area contributed by atoms with Gasteiger partial charge in [0.15, 0.2) is 0 Å². The summed E-state index contributed by atoms with van der Waals surface area (Å²) in [6.07, 6.45) is 1.05. The first kappa shape index (κ1) is 15.4. The standard InChI is InChI=1S/C11H15F2N3O2S/c1-16(3-4-19(2,17)18)10-8(12)5-7(11(14)15)6-9(10)13/h5-6H,3-4H2,1-2H3,(H3,14,15). The Hall–Kier alpha value is -1.70. The molecule has 8 heteroatoms. The van der Waals surface area contributed by atoms with Gasteiger partial charge in [-0.2, -0.15) is 0 Å². The van der Waals surface area contributed by atoms with Crippen LogP contribution in [0.15, 0.2) is 12.1 Å². The number of amidine groups is 1. The molecule has 5 nitrogen and oxygen atoms in total. The van der Waals surface area contributed by atoms with E-state index in [0.29, 0.717) is 0 Å². The van der Waals surface area contributed by atoms with Crippen molar-refractivity contribution in [2.75, 3.05) is 30.5 Å². The largest absolute Gasteiger partial charge is 0.384 e. The number of hydrogen-bond donors (Lipinski definition) is 2. The summed E-state index contributed by atoms with van der Waals surface area (Å²) in [5.74, 6) is -2.43. The Bertz CT molecular complexity index is 579. The maximum absolute atomic E-state index is 13.8. The van der Waals surface area contributed by atoms with Crippen LogP contribution in [0.3, 0.4) is 0 Å². The van der Waals surface area contributed by atoms with Gasteiger partial charge >= 0.3 is 0 Å². The smallest absolute Gasteiger partial charge is 0.150 e. The maximum Gasteiger partial charge on any atom is 0.150 e. The van der Waals surface area contributed by atoms with Crippen molar-refractivity contribution in [1.82, 2.24) is 0 Å². The molecule has 19 heavy (non-hydrogen) atoms. The lowest BCUT2D eigenvalue weighted by atomic mass is 10.1. The molecule has 0 aliphatic heterocycles. The number of nitrogens with zero attached hydrogens (tertiary/aromatic N) is 1. The van der Waals surface area contributed by atoms with E-state index in [1.807, 2.05) is 0 Å². The summed E-state index contributed by atoms with van der Waals surface area (Å²) in [6, 6.07) is 1.88. The van der Waals surface area contributed by atoms with E-state index in [1.165, 1.54) is 11.9 Å². The van der Waals surface area contributed by atoms with Gasteiger partial charge in [-0.3, -0.25) is 5.41 Å². The summed E-state index contributed by atoms with van der Waals surface area (Å²) >= 11 is 0. The molecule has 0 unspecified atom stereocenters. The number of anilines is 1. The van der Waals surface area contributed by atoms with Gasteiger partial charge in [0, 0.05) is 25.4 Å². The second-order valence-corrected chi connectivity index (χ2v) is 6.51. The number of sulfone groups is 1. The molecule has 0 heterocycles. The molecule has 0 spiro atoms. The van der Waals surface area contributed by atoms with Crippen LogP contribution in [0.4, 0.5) is 14.5 Å². The van der Waals surface area contributed by atoms with Crippen molar-refractivity contribution in [3.8, 4) is 0 Å². The summed E-state index contributed by atoms with van der Waals surface area (Å²) in [4.78, 5) is 1.18. The molecule has 0 amide bonds. The Morgan fingerprint density at radius 2 is 1.84 bits per heavy atom. The normalized spacial score (nSPS) is 11.4. The van der Waals surface area contributed by atoms with Gasteiger partial charge < -0.3 is 10.6 Å². The van der Waals surface area contributed by atoms with Gasteiger partial charge in [-0.25, -0.2) is 17.2 Å². The van der Waals surface area contributed by atoms with Gasteiger partial charge in [0.05, 0.1) is 5.75 Å². The van der Waals surface area contributed by atoms with Crippen LogP contribution in [-0.4, -0.2) is 39.9 Å². The average molecular weight is 291 g/mol. The molecule has 1 aromatic carbocycles. The Labute approximate surface area is 110 Å². The molecular formula is C11H15F2N3O2S. The fourth-order valence-electron chi connectivity index (χ4n) is 1.50. The van der Waals surface area contributed by atoms with Gasteiger partial charge in [0.1, 0.15) is 33.0 Å². The van der Waals surface area contributed by atoms with Gasteiger partial charge in [-0.15, -0.1) is 0 Å². The van der Waals surface area contributed by atoms with Crippen molar-refractivity contribution in [1.29, 1.82) is 5.41 Å². The number of benzene rings is 1. The van der Waals surface area contributed by atoms with E-state index in [-0.39, 0.29) is 23.5 Å². The lowest BCUT2D eigenvalue weighted by Gasteiger charge is -2.20. The lowest BCUT2D eigenvalue weighted by molar-refractivity contribution is 0.575. The Balaban J connectivity index is 3.04. The van der Waals surface area contributed by atoms with E-state index in [4.69, 9.17) is 11.1 Å². The fourth-order valence-corrected chi connectivity index (χ4v) is 2.11. The molecule has 0 aromatic heterocycles. The summed E-state index contributed by atoms with van der Waals surface area (Å²) < 4.78 is 49.6. The molecule has 0 radical (unpaired) electrons. The lowest BCUT2D eigenvalue weighted by Crippen LogP contribution is -2.27. The number of rotatable bonds is 5. The van der Waals surface area contributed by atoms with E-state index in [2.05, 4.69) is 0 Å². The summed E-state index contributed by atoms with van der Waals surface area (Å²) in [7, 11) is -1.83. The first-order valence-electron chi connectivity index (χ1n) is 5.34. The SMILES string of the molecule is CN(CCS(C)(=O)=O)c1c(F)cc(C(=N)N)cc1F. The molecule has 0 aliphatic rings. The zero-order valence-electron chi connectivity index (χ0n) is 10.6. The van der Waals surface area contributed by atoms with Crippen molar-refractivity contribution in [3.63, 3.8) is 0 Å². The molecule has 0 saturated carbocycles. The number of halogens is 2. The quantitative estimate of drug-likeness (QED) is 0.618. The second kappa shape index (κ2) is 5.52. The summed E-state index contributed by atoms with van der Waals surface area (Å²) in [6.45, 7) is -0.0356. The fraction of sp³-hybridized carbons (Fsp3) is 0.364. The molecule has 0 saturated heterocycles. The number of nitrogens with one attached hydrogen (secondary N) is 1. The predicted molar refractivity (Wildman–Crippen MR) is 70.4 cm³/mol. The van der Waals surface area contributed by atoms with Crippen LogP contribution in [-0.2, 0) is 9.84 Å². The molecule has 0 fully saturated rings. The minimum atomic E-state index is -3.22. The molecule has 0 aliphatic carbocycles. The van der Waals surface area contributed by atoms with Crippen molar-refractivity contribution >= 4 is 21.4 Å². The van der Waals surface area contributed by atoms with Gasteiger partial charge in [0.2, 0.25) is 0 Å². The van der Waals surface area contributed by atoms with Crippen LogP contribution in [0.25, 0.3) is 0 Å². The second-order valence-electron chi connectivity index (χ2n) is 4.25. The molecule has 1 aromatic rings.